The summed E-state index contributed by atoms with van der Waals surface area (Å²) in [6, 6.07) is -9.30. The zero-order valence-corrected chi connectivity index (χ0v) is 27.2. The standard InChI is InChI=1S/C26H44N8O11/c1-11-12-16(35)32(7)17(21(39)45-10)20(38)31(6)15(13-26(3,4)44)18(36)29-24(42)34(9)25(43)30-22(40)28-14(2)19(37)33(8)23(41)27-5/h14-15,17,44H,11-13H2,1-10H3,(H,27,41)(H,29,36,42)(H2,28,30,40,43)/t14-,15-,17?/m0/s1. The van der Waals surface area contributed by atoms with Crippen LogP contribution in [0.3, 0.4) is 0 Å². The molecule has 1 unspecified atom stereocenters. The number of carbonyl (C=O) groups excluding carboxylic acids is 9. The summed E-state index contributed by atoms with van der Waals surface area (Å²) in [4.78, 5) is 115. The van der Waals surface area contributed by atoms with Gasteiger partial charge in [0.05, 0.1) is 12.7 Å². The van der Waals surface area contributed by atoms with Crippen LogP contribution in [0, 0.1) is 0 Å². The van der Waals surface area contributed by atoms with Crippen molar-refractivity contribution < 1.29 is 53.0 Å². The lowest BCUT2D eigenvalue weighted by molar-refractivity contribution is -0.161. The van der Waals surface area contributed by atoms with Gasteiger partial charge in [-0.1, -0.05) is 6.92 Å². The van der Waals surface area contributed by atoms with Crippen molar-refractivity contribution >= 4 is 53.7 Å². The molecule has 19 nitrogen and oxygen atoms in total. The molecule has 0 bridgehead atoms. The van der Waals surface area contributed by atoms with E-state index in [9.17, 15) is 48.3 Å². The Bertz CT molecular complexity index is 1170. The number of nitrogens with zero attached hydrogens (tertiary/aromatic N) is 4. The van der Waals surface area contributed by atoms with Crippen LogP contribution in [0.5, 0.6) is 0 Å². The molecule has 0 rings (SSSR count). The van der Waals surface area contributed by atoms with Crippen molar-refractivity contribution in [3.05, 3.63) is 0 Å². The van der Waals surface area contributed by atoms with Crippen LogP contribution in [0.25, 0.3) is 0 Å². The van der Waals surface area contributed by atoms with Crippen LogP contribution in [0.15, 0.2) is 0 Å². The summed E-state index contributed by atoms with van der Waals surface area (Å²) in [6.07, 6.45) is -0.0246. The van der Waals surface area contributed by atoms with E-state index in [-0.39, 0.29) is 6.42 Å². The van der Waals surface area contributed by atoms with Gasteiger partial charge in [0.2, 0.25) is 11.9 Å². The van der Waals surface area contributed by atoms with Gasteiger partial charge in [-0.2, -0.15) is 0 Å². The first-order chi connectivity index (χ1) is 20.6. The van der Waals surface area contributed by atoms with Crippen molar-refractivity contribution in [3.63, 3.8) is 0 Å². The number of rotatable bonds is 11. The molecule has 0 heterocycles. The van der Waals surface area contributed by atoms with Gasteiger partial charge in [-0.05, 0) is 27.2 Å². The fraction of sp³-hybridized carbons (Fsp3) is 0.654. The second-order valence-electron chi connectivity index (χ2n) is 10.6. The molecule has 0 spiro atoms. The molecule has 0 saturated carbocycles. The van der Waals surface area contributed by atoms with E-state index in [1.54, 1.807) is 12.2 Å². The van der Waals surface area contributed by atoms with Crippen molar-refractivity contribution in [1.82, 2.24) is 40.9 Å². The summed E-state index contributed by atoms with van der Waals surface area (Å²) in [7, 11) is 6.68. The molecule has 12 amide bonds. The molecule has 45 heavy (non-hydrogen) atoms. The van der Waals surface area contributed by atoms with E-state index < -0.39 is 83.9 Å². The lowest BCUT2D eigenvalue weighted by atomic mass is 9.97. The Kier molecular flexibility index (Phi) is 15.6. The van der Waals surface area contributed by atoms with Crippen molar-refractivity contribution in [2.45, 2.75) is 70.7 Å². The largest absolute Gasteiger partial charge is 0.467 e. The first-order valence-electron chi connectivity index (χ1n) is 13.7. The van der Waals surface area contributed by atoms with Gasteiger partial charge in [-0.25, -0.2) is 28.9 Å². The highest BCUT2D eigenvalue weighted by atomic mass is 16.5. The van der Waals surface area contributed by atoms with Crippen LogP contribution < -0.4 is 21.3 Å². The van der Waals surface area contributed by atoms with Crippen LogP contribution in [0.4, 0.5) is 19.2 Å². The Morgan fingerprint density at radius 1 is 0.822 bits per heavy atom. The van der Waals surface area contributed by atoms with E-state index in [0.29, 0.717) is 16.2 Å². The van der Waals surface area contributed by atoms with E-state index in [1.165, 1.54) is 34.9 Å². The molecule has 0 aromatic heterocycles. The third-order valence-corrected chi connectivity index (χ3v) is 6.34. The Morgan fingerprint density at radius 3 is 1.82 bits per heavy atom. The maximum absolute atomic E-state index is 13.4. The Labute approximate surface area is 260 Å². The first-order valence-corrected chi connectivity index (χ1v) is 13.7. The molecule has 0 fully saturated rings. The smallest absolute Gasteiger partial charge is 0.338 e. The first kappa shape index (κ1) is 40.2. The van der Waals surface area contributed by atoms with Gasteiger partial charge in [-0.3, -0.25) is 34.7 Å². The number of aliphatic hydroxyl groups is 1. The quantitative estimate of drug-likeness (QED) is 0.129. The number of hydrogen-bond acceptors (Lipinski definition) is 11. The van der Waals surface area contributed by atoms with Gasteiger partial charge >= 0.3 is 30.1 Å². The summed E-state index contributed by atoms with van der Waals surface area (Å²) in [5, 5.41) is 18.4. The van der Waals surface area contributed by atoms with Crippen molar-refractivity contribution in [1.29, 1.82) is 0 Å². The molecular weight excluding hydrogens is 600 g/mol. The average molecular weight is 645 g/mol. The number of amides is 12. The predicted molar refractivity (Wildman–Crippen MR) is 156 cm³/mol. The minimum atomic E-state index is -1.79. The summed E-state index contributed by atoms with van der Waals surface area (Å²) >= 11 is 0. The third kappa shape index (κ3) is 12.0. The Morgan fingerprint density at radius 2 is 1.36 bits per heavy atom. The number of likely N-dealkylation sites (N-methyl/N-ethyl adjacent to an activating group) is 3. The number of imide groups is 4. The third-order valence-electron chi connectivity index (χ3n) is 6.34. The van der Waals surface area contributed by atoms with E-state index in [4.69, 9.17) is 0 Å². The second kappa shape index (κ2) is 17.5. The number of ether oxygens (including phenoxy) is 1. The number of methoxy groups -OCH3 is 1. The molecule has 0 aliphatic rings. The highest BCUT2D eigenvalue weighted by molar-refractivity contribution is 6.09. The van der Waals surface area contributed by atoms with E-state index in [0.717, 1.165) is 38.1 Å². The van der Waals surface area contributed by atoms with Crippen LogP contribution >= 0.6 is 0 Å². The van der Waals surface area contributed by atoms with Crippen molar-refractivity contribution in [2.75, 3.05) is 42.3 Å². The second-order valence-corrected chi connectivity index (χ2v) is 10.6. The maximum Gasteiger partial charge on any atom is 0.338 e. The van der Waals surface area contributed by atoms with E-state index in [2.05, 4.69) is 15.4 Å². The molecule has 19 heteroatoms. The molecule has 254 valence electrons. The van der Waals surface area contributed by atoms with Gasteiger partial charge in [0.1, 0.15) is 12.1 Å². The lowest BCUT2D eigenvalue weighted by Crippen LogP contribution is -2.60. The van der Waals surface area contributed by atoms with Gasteiger partial charge in [0.15, 0.2) is 0 Å². The fourth-order valence-corrected chi connectivity index (χ4v) is 3.69. The minimum absolute atomic E-state index is 0.0117. The zero-order valence-electron chi connectivity index (χ0n) is 27.2. The summed E-state index contributed by atoms with van der Waals surface area (Å²) in [6.45, 7) is 5.59. The molecule has 0 aliphatic heterocycles. The van der Waals surface area contributed by atoms with Gasteiger partial charge in [0.25, 0.3) is 17.7 Å². The maximum atomic E-state index is 13.4. The summed E-state index contributed by atoms with van der Waals surface area (Å²) < 4.78 is 4.69. The average Bonchev–Trinajstić information content (AvgIpc) is 2.96. The summed E-state index contributed by atoms with van der Waals surface area (Å²) in [5.41, 5.74) is -1.59. The fourth-order valence-electron chi connectivity index (χ4n) is 3.69. The van der Waals surface area contributed by atoms with Gasteiger partial charge < -0.3 is 30.3 Å². The lowest BCUT2D eigenvalue weighted by Gasteiger charge is -2.35. The number of hydrogen-bond donors (Lipinski definition) is 5. The molecular formula is C26H44N8O11. The minimum Gasteiger partial charge on any atom is -0.467 e. The number of nitrogens with one attached hydrogen (secondary N) is 4. The monoisotopic (exact) mass is 644 g/mol. The van der Waals surface area contributed by atoms with Crippen molar-refractivity contribution in [2.24, 2.45) is 0 Å². The molecule has 0 radical (unpaired) electrons. The normalized spacial score (nSPS) is 12.7. The van der Waals surface area contributed by atoms with Crippen LogP contribution in [0.2, 0.25) is 0 Å². The van der Waals surface area contributed by atoms with Crippen LogP contribution in [-0.2, 0) is 28.7 Å². The number of urea groups is 4. The Hall–Kier alpha value is -4.81. The van der Waals surface area contributed by atoms with Crippen LogP contribution in [-0.4, -0.2) is 145 Å². The van der Waals surface area contributed by atoms with Crippen molar-refractivity contribution in [3.8, 4) is 0 Å². The van der Waals surface area contributed by atoms with Gasteiger partial charge in [0, 0.05) is 48.1 Å². The van der Waals surface area contributed by atoms with Gasteiger partial charge in [-0.15, -0.1) is 0 Å². The topological polar surface area (TPSA) is 244 Å². The van der Waals surface area contributed by atoms with Crippen LogP contribution in [0.1, 0.15) is 47.0 Å². The molecule has 3 atom stereocenters. The predicted octanol–water partition coefficient (Wildman–Crippen LogP) is -1.45. The summed E-state index contributed by atoms with van der Waals surface area (Å²) in [5.74, 6) is -4.70. The number of carbonyl (C=O) groups is 9. The molecule has 5 N–H and O–H groups in total. The molecule has 0 saturated heterocycles. The Balaban J connectivity index is 5.80. The van der Waals surface area contributed by atoms with E-state index in [1.807, 2.05) is 5.32 Å². The molecule has 0 aliphatic carbocycles. The number of esters is 1. The SMILES string of the molecule is CCCC(=O)N(C)C(C(=O)OC)C(=O)N(C)[C@@H](CC(C)(C)O)C(=O)NC(=O)N(C)C(=O)NC(=O)N[C@@H](C)C(=O)N(C)C(=O)NC. The van der Waals surface area contributed by atoms with E-state index >= 15 is 0 Å². The highest BCUT2D eigenvalue weighted by Crippen LogP contribution is 2.18. The highest BCUT2D eigenvalue weighted by Gasteiger charge is 2.41. The zero-order chi connectivity index (χ0) is 35.4. The molecule has 0 aromatic rings. The molecule has 0 aromatic carbocycles.